The summed E-state index contributed by atoms with van der Waals surface area (Å²) in [5, 5.41) is 12.8. The van der Waals surface area contributed by atoms with Gasteiger partial charge >= 0.3 is 0 Å². The summed E-state index contributed by atoms with van der Waals surface area (Å²) in [6, 6.07) is 57.0. The molecule has 0 saturated carbocycles. The molecule has 5 nitrogen and oxygen atoms in total. The molecule has 55 heavy (non-hydrogen) atoms. The van der Waals surface area contributed by atoms with E-state index in [0.717, 1.165) is 77.5 Å². The highest BCUT2D eigenvalue weighted by Crippen LogP contribution is 2.41. The monoisotopic (exact) mass is 727 g/mol. The van der Waals surface area contributed by atoms with Crippen molar-refractivity contribution in [1.82, 2.24) is 5.32 Å². The zero-order valence-corrected chi connectivity index (χ0v) is 30.4. The fourth-order valence-corrected chi connectivity index (χ4v) is 9.39. The number of amidine groups is 1. The molecule has 8 aromatic carbocycles. The second-order valence-corrected chi connectivity index (χ2v) is 15.1. The first-order valence-electron chi connectivity index (χ1n) is 18.5. The van der Waals surface area contributed by atoms with Gasteiger partial charge in [-0.05, 0) is 76.0 Å². The number of hydrogen-bond acceptors (Lipinski definition) is 5. The topological polar surface area (TPSA) is 76.7 Å². The molecule has 0 radical (unpaired) electrons. The van der Waals surface area contributed by atoms with Crippen molar-refractivity contribution in [1.29, 1.82) is 0 Å². The molecule has 0 amide bonds. The number of furan rings is 2. The lowest BCUT2D eigenvalue weighted by atomic mass is 9.97. The minimum atomic E-state index is -0.574. The molecule has 0 aliphatic carbocycles. The van der Waals surface area contributed by atoms with E-state index in [2.05, 4.69) is 133 Å². The summed E-state index contributed by atoms with van der Waals surface area (Å²) < 4.78 is 15.2. The van der Waals surface area contributed by atoms with Gasteiger partial charge in [-0.15, -0.1) is 11.3 Å². The molecule has 262 valence electrons. The van der Waals surface area contributed by atoms with Crippen LogP contribution in [0.4, 0.5) is 0 Å². The number of rotatable bonds is 6. The minimum absolute atomic E-state index is 0.501. The van der Waals surface area contributed by atoms with Crippen LogP contribution in [-0.4, -0.2) is 5.84 Å². The first kappa shape index (κ1) is 31.8. The number of aliphatic imine (C=N–C) groups is 1. The second-order valence-electron chi connectivity index (χ2n) is 14.1. The molecule has 0 bridgehead atoms. The van der Waals surface area contributed by atoms with Crippen molar-refractivity contribution in [2.45, 2.75) is 12.7 Å². The number of thiophene rings is 1. The summed E-state index contributed by atoms with van der Waals surface area (Å²) in [5.41, 5.74) is 15.8. The molecular formula is C49H33N3O2S. The van der Waals surface area contributed by atoms with E-state index in [1.807, 2.05) is 36.4 Å². The van der Waals surface area contributed by atoms with Crippen molar-refractivity contribution in [3.63, 3.8) is 0 Å². The number of nitrogens with two attached hydrogens (primary N) is 1. The molecule has 0 aliphatic rings. The maximum absolute atomic E-state index is 7.20. The van der Waals surface area contributed by atoms with Crippen LogP contribution in [0.3, 0.4) is 0 Å². The molecule has 3 aromatic heterocycles. The van der Waals surface area contributed by atoms with Gasteiger partial charge in [-0.2, -0.15) is 0 Å². The molecule has 1 unspecified atom stereocenters. The summed E-state index contributed by atoms with van der Waals surface area (Å²) in [6.45, 7) is 0.501. The summed E-state index contributed by atoms with van der Waals surface area (Å²) >= 11 is 1.79. The fourth-order valence-electron chi connectivity index (χ4n) is 8.17. The van der Waals surface area contributed by atoms with Crippen LogP contribution in [0.2, 0.25) is 0 Å². The Hall–Kier alpha value is -6.73. The highest BCUT2D eigenvalue weighted by Gasteiger charge is 2.21. The van der Waals surface area contributed by atoms with Crippen molar-refractivity contribution in [3.05, 3.63) is 180 Å². The Kier molecular flexibility index (Phi) is 7.33. The molecule has 11 aromatic rings. The second kappa shape index (κ2) is 12.7. The van der Waals surface area contributed by atoms with E-state index < -0.39 is 6.17 Å². The number of nitrogens with zero attached hydrogens (tertiary/aromatic N) is 1. The van der Waals surface area contributed by atoms with E-state index in [1.54, 1.807) is 11.3 Å². The fraction of sp³-hybridized carbons (Fsp3) is 0.0408. The number of para-hydroxylation sites is 1. The van der Waals surface area contributed by atoms with Crippen molar-refractivity contribution in [3.8, 4) is 11.1 Å². The van der Waals surface area contributed by atoms with Crippen molar-refractivity contribution < 1.29 is 8.83 Å². The van der Waals surface area contributed by atoms with E-state index >= 15 is 0 Å². The molecule has 11 rings (SSSR count). The number of nitrogens with one attached hydrogen (secondary N) is 1. The van der Waals surface area contributed by atoms with Gasteiger partial charge in [-0.3, -0.25) is 4.99 Å². The van der Waals surface area contributed by atoms with Gasteiger partial charge in [0.2, 0.25) is 0 Å². The van der Waals surface area contributed by atoms with Crippen molar-refractivity contribution in [2.75, 3.05) is 0 Å². The van der Waals surface area contributed by atoms with Crippen LogP contribution in [0, 0.1) is 0 Å². The Morgan fingerprint density at radius 2 is 1.29 bits per heavy atom. The molecule has 6 heteroatoms. The van der Waals surface area contributed by atoms with Gasteiger partial charge in [0.1, 0.15) is 34.3 Å². The predicted molar refractivity (Wildman–Crippen MR) is 230 cm³/mol. The lowest BCUT2D eigenvalue weighted by Crippen LogP contribution is -2.35. The number of fused-ring (bicyclic) bond motifs is 10. The zero-order valence-electron chi connectivity index (χ0n) is 29.6. The summed E-state index contributed by atoms with van der Waals surface area (Å²) in [7, 11) is 0. The molecule has 0 spiro atoms. The summed E-state index contributed by atoms with van der Waals surface area (Å²) in [6.07, 6.45) is -0.574. The molecule has 0 fully saturated rings. The largest absolute Gasteiger partial charge is 0.456 e. The Morgan fingerprint density at radius 3 is 2.22 bits per heavy atom. The lowest BCUT2D eigenvalue weighted by Gasteiger charge is -2.19. The van der Waals surface area contributed by atoms with Gasteiger partial charge in [0.05, 0.1) is 6.54 Å². The normalized spacial score (nSPS) is 12.9. The van der Waals surface area contributed by atoms with Crippen LogP contribution >= 0.6 is 11.3 Å². The highest BCUT2D eigenvalue weighted by atomic mass is 32.1. The number of benzene rings is 8. The SMILES string of the molecule is NC(N/C(=N\Cc1ccc2ccccc2c1)c1cccc2c1sc1ccccc12)c1cccc2oc3cc(-c4cccc5oc6ccccc6c45)ccc3c12. The third-order valence-corrected chi connectivity index (χ3v) is 12.0. The summed E-state index contributed by atoms with van der Waals surface area (Å²) in [4.78, 5) is 5.28. The van der Waals surface area contributed by atoms with E-state index in [-0.39, 0.29) is 0 Å². The van der Waals surface area contributed by atoms with Gasteiger partial charge in [-0.25, -0.2) is 0 Å². The average Bonchev–Trinajstić information content (AvgIpc) is 3.93. The van der Waals surface area contributed by atoms with Crippen LogP contribution in [0.25, 0.3) is 85.9 Å². The number of hydrogen-bond donors (Lipinski definition) is 2. The van der Waals surface area contributed by atoms with Gasteiger partial charge in [0.15, 0.2) is 0 Å². The zero-order chi connectivity index (χ0) is 36.5. The van der Waals surface area contributed by atoms with Crippen LogP contribution < -0.4 is 11.1 Å². The first-order valence-corrected chi connectivity index (χ1v) is 19.3. The maximum Gasteiger partial charge on any atom is 0.136 e. The predicted octanol–water partition coefficient (Wildman–Crippen LogP) is 12.9. The third-order valence-electron chi connectivity index (χ3n) is 10.8. The van der Waals surface area contributed by atoms with Crippen LogP contribution in [0.15, 0.2) is 178 Å². The Bertz CT molecular complexity index is 3310. The Morgan fingerprint density at radius 1 is 0.582 bits per heavy atom. The van der Waals surface area contributed by atoms with Gasteiger partial charge in [-0.1, -0.05) is 115 Å². The average molecular weight is 728 g/mol. The smallest absolute Gasteiger partial charge is 0.136 e. The van der Waals surface area contributed by atoms with Crippen molar-refractivity contribution in [2.24, 2.45) is 10.7 Å². The van der Waals surface area contributed by atoms with Crippen LogP contribution in [-0.2, 0) is 6.54 Å². The standard InChI is InChI=1S/C49H33N3O2S/c50-48(38-16-9-20-42-46(38)37-25-24-32(27-43(37)54-42)33-14-8-19-41-45(33)36-13-3-5-18-40(36)53-41)52-49(51-28-29-22-23-30-10-1-2-11-31(30)26-29)39-17-7-15-35-34-12-4-6-21-44(34)55-47(35)39/h1-27,48H,28,50H2,(H,51,52). The van der Waals surface area contributed by atoms with E-state index in [0.29, 0.717) is 6.54 Å². The quantitative estimate of drug-likeness (QED) is 0.102. The van der Waals surface area contributed by atoms with Crippen molar-refractivity contribution >= 4 is 92.0 Å². The third kappa shape index (κ3) is 5.29. The first-order chi connectivity index (χ1) is 27.2. The van der Waals surface area contributed by atoms with E-state index in [9.17, 15) is 0 Å². The van der Waals surface area contributed by atoms with Crippen LogP contribution in [0.1, 0.15) is 22.9 Å². The van der Waals surface area contributed by atoms with Gasteiger partial charge in [0, 0.05) is 52.8 Å². The molecular weight excluding hydrogens is 695 g/mol. The highest BCUT2D eigenvalue weighted by molar-refractivity contribution is 7.26. The van der Waals surface area contributed by atoms with Gasteiger partial charge in [0.25, 0.3) is 0 Å². The van der Waals surface area contributed by atoms with Crippen LogP contribution in [0.5, 0.6) is 0 Å². The lowest BCUT2D eigenvalue weighted by molar-refractivity contribution is 0.663. The minimum Gasteiger partial charge on any atom is -0.456 e. The van der Waals surface area contributed by atoms with Gasteiger partial charge < -0.3 is 19.9 Å². The van der Waals surface area contributed by atoms with E-state index in [1.165, 1.54) is 30.9 Å². The van der Waals surface area contributed by atoms with E-state index in [4.69, 9.17) is 19.6 Å². The molecule has 0 saturated heterocycles. The molecule has 3 N–H and O–H groups in total. The molecule has 3 heterocycles. The molecule has 1 atom stereocenters. The molecule has 0 aliphatic heterocycles. The Labute approximate surface area is 319 Å². The Balaban J connectivity index is 1.01. The maximum atomic E-state index is 7.20. The summed E-state index contributed by atoms with van der Waals surface area (Å²) in [5.74, 6) is 0.755.